The summed E-state index contributed by atoms with van der Waals surface area (Å²) in [5.74, 6) is 1.04. The molecule has 0 aliphatic rings. The lowest BCUT2D eigenvalue weighted by atomic mass is 10.6. The Morgan fingerprint density at radius 3 is 2.27 bits per heavy atom. The van der Waals surface area contributed by atoms with Crippen LogP contribution in [0.1, 0.15) is 6.92 Å². The first-order valence-electron chi connectivity index (χ1n) is 3.52. The van der Waals surface area contributed by atoms with E-state index in [9.17, 15) is 4.79 Å². The van der Waals surface area contributed by atoms with Gasteiger partial charge in [0.25, 0.3) is 0 Å². The normalized spacial score (nSPS) is 11.6. The highest BCUT2D eigenvalue weighted by molar-refractivity contribution is 8.82. The molecule has 0 aliphatic heterocycles. The molecule has 11 heavy (non-hydrogen) atoms. The van der Waals surface area contributed by atoms with Crippen LogP contribution in [0.3, 0.4) is 0 Å². The molecule has 0 aromatic carbocycles. The Bertz CT molecular complexity index is 131. The van der Waals surface area contributed by atoms with E-state index < -0.39 is 0 Å². The maximum Gasteiger partial charge on any atom is 0.196 e. The van der Waals surface area contributed by atoms with Crippen molar-refractivity contribution in [1.29, 1.82) is 0 Å². The van der Waals surface area contributed by atoms with E-state index >= 15 is 0 Å². The Balaban J connectivity index is 3.22. The minimum absolute atomic E-state index is 0.191. The maximum atomic E-state index is 10.5. The highest BCUT2D eigenvalue weighted by Crippen LogP contribution is 2.21. The van der Waals surface area contributed by atoms with E-state index in [0.717, 1.165) is 16.8 Å². The first-order chi connectivity index (χ1) is 4.92. The molecule has 0 aromatic rings. The van der Waals surface area contributed by atoms with Gasteiger partial charge in [-0.25, -0.2) is 0 Å². The van der Waals surface area contributed by atoms with Crippen LogP contribution >= 0.6 is 21.6 Å². The second kappa shape index (κ2) is 5.06. The highest BCUT2D eigenvalue weighted by atomic mass is 33.1. The fourth-order valence-electron chi connectivity index (χ4n) is 0.436. The van der Waals surface area contributed by atoms with Gasteiger partial charge in [0, 0.05) is 6.92 Å². The molecule has 0 aliphatic carbocycles. The Morgan fingerprint density at radius 1 is 1.36 bits per heavy atom. The van der Waals surface area contributed by atoms with Gasteiger partial charge in [0.05, 0.1) is 33.4 Å². The van der Waals surface area contributed by atoms with Gasteiger partial charge in [0.1, 0.15) is 0 Å². The molecule has 0 saturated carbocycles. The molecule has 0 spiro atoms. The van der Waals surface area contributed by atoms with Crippen LogP contribution in [0.2, 0.25) is 0 Å². The van der Waals surface area contributed by atoms with Gasteiger partial charge in [0.2, 0.25) is 0 Å². The van der Waals surface area contributed by atoms with Crippen molar-refractivity contribution in [3.63, 3.8) is 0 Å². The first-order valence-corrected chi connectivity index (χ1v) is 5.84. The van der Waals surface area contributed by atoms with Gasteiger partial charge in [-0.1, -0.05) is 10.8 Å². The SMILES string of the molecule is CC(=O)SSCC[N+](C)(C)C. The van der Waals surface area contributed by atoms with E-state index in [1.807, 2.05) is 0 Å². The molecule has 0 aromatic heterocycles. The molecular formula is C7H16NOS2+. The summed E-state index contributed by atoms with van der Waals surface area (Å²) in [4.78, 5) is 10.5. The van der Waals surface area contributed by atoms with Gasteiger partial charge in [-0.3, -0.25) is 4.79 Å². The lowest BCUT2D eigenvalue weighted by molar-refractivity contribution is -0.867. The molecule has 0 N–H and O–H groups in total. The van der Waals surface area contributed by atoms with E-state index in [1.165, 1.54) is 10.8 Å². The molecule has 66 valence electrons. The van der Waals surface area contributed by atoms with Gasteiger partial charge < -0.3 is 4.48 Å². The monoisotopic (exact) mass is 194 g/mol. The molecule has 0 unspecified atom stereocenters. The average molecular weight is 194 g/mol. The zero-order valence-electron chi connectivity index (χ0n) is 7.59. The van der Waals surface area contributed by atoms with Gasteiger partial charge in [-0.05, 0) is 10.8 Å². The van der Waals surface area contributed by atoms with Crippen molar-refractivity contribution in [3.8, 4) is 0 Å². The highest BCUT2D eigenvalue weighted by Gasteiger charge is 2.06. The predicted octanol–water partition coefficient (Wildman–Crippen LogP) is 1.62. The first kappa shape index (κ1) is 11.3. The predicted molar refractivity (Wildman–Crippen MR) is 53.6 cm³/mol. The summed E-state index contributed by atoms with van der Waals surface area (Å²) in [7, 11) is 9.43. The Labute approximate surface area is 76.7 Å². The van der Waals surface area contributed by atoms with Crippen LogP contribution in [0.15, 0.2) is 0 Å². The van der Waals surface area contributed by atoms with Crippen molar-refractivity contribution in [1.82, 2.24) is 0 Å². The van der Waals surface area contributed by atoms with Crippen LogP contribution < -0.4 is 0 Å². The smallest absolute Gasteiger partial charge is 0.196 e. The van der Waals surface area contributed by atoms with Gasteiger partial charge in [-0.15, -0.1) is 0 Å². The van der Waals surface area contributed by atoms with Gasteiger partial charge in [0.15, 0.2) is 5.12 Å². The van der Waals surface area contributed by atoms with E-state index in [1.54, 1.807) is 17.7 Å². The van der Waals surface area contributed by atoms with Crippen molar-refractivity contribution in [2.45, 2.75) is 6.92 Å². The van der Waals surface area contributed by atoms with Crippen molar-refractivity contribution in [3.05, 3.63) is 0 Å². The molecule has 0 atom stereocenters. The molecule has 0 saturated heterocycles. The van der Waals surface area contributed by atoms with Crippen molar-refractivity contribution in [2.75, 3.05) is 33.4 Å². The molecule has 0 rings (SSSR count). The zero-order chi connectivity index (χ0) is 8.91. The largest absolute Gasteiger partial charge is 0.330 e. The minimum atomic E-state index is 0.191. The summed E-state index contributed by atoms with van der Waals surface area (Å²) in [6.45, 7) is 2.70. The van der Waals surface area contributed by atoms with Crippen LogP contribution in [-0.2, 0) is 4.79 Å². The fraction of sp³-hybridized carbons (Fsp3) is 0.857. The molecular weight excluding hydrogens is 178 g/mol. The zero-order valence-corrected chi connectivity index (χ0v) is 9.22. The third-order valence-electron chi connectivity index (χ3n) is 1.02. The molecule has 0 radical (unpaired) electrons. The van der Waals surface area contributed by atoms with Crippen LogP contribution in [0.25, 0.3) is 0 Å². The maximum absolute atomic E-state index is 10.5. The van der Waals surface area contributed by atoms with Gasteiger partial charge >= 0.3 is 0 Å². The number of quaternary nitrogens is 1. The average Bonchev–Trinajstić information content (AvgIpc) is 1.78. The number of carbonyl (C=O) groups is 1. The number of carbonyl (C=O) groups excluding carboxylic acids is 1. The molecule has 0 bridgehead atoms. The lowest BCUT2D eigenvalue weighted by Crippen LogP contribution is -2.36. The van der Waals surface area contributed by atoms with E-state index in [4.69, 9.17) is 0 Å². The molecule has 2 nitrogen and oxygen atoms in total. The summed E-state index contributed by atoms with van der Waals surface area (Å²) in [6, 6.07) is 0. The summed E-state index contributed by atoms with van der Waals surface area (Å²) in [5, 5.41) is 0.191. The number of rotatable bonds is 4. The van der Waals surface area contributed by atoms with Crippen LogP contribution in [0, 0.1) is 0 Å². The summed E-state index contributed by atoms with van der Waals surface area (Å²) >= 11 is 0. The Morgan fingerprint density at radius 2 is 1.91 bits per heavy atom. The molecule has 4 heteroatoms. The molecule has 0 heterocycles. The van der Waals surface area contributed by atoms with Gasteiger partial charge in [-0.2, -0.15) is 0 Å². The third-order valence-corrected chi connectivity index (χ3v) is 3.28. The Hall–Kier alpha value is 0.330. The number of hydrogen-bond acceptors (Lipinski definition) is 3. The van der Waals surface area contributed by atoms with Crippen LogP contribution in [0.5, 0.6) is 0 Å². The Kier molecular flexibility index (Phi) is 5.21. The van der Waals surface area contributed by atoms with Crippen molar-refractivity contribution in [2.24, 2.45) is 0 Å². The van der Waals surface area contributed by atoms with Crippen LogP contribution in [0.4, 0.5) is 0 Å². The molecule has 0 fully saturated rings. The third kappa shape index (κ3) is 10.3. The van der Waals surface area contributed by atoms with E-state index in [0.29, 0.717) is 0 Å². The van der Waals surface area contributed by atoms with Crippen LogP contribution in [-0.4, -0.2) is 43.0 Å². The number of nitrogens with zero attached hydrogens (tertiary/aromatic N) is 1. The molecule has 0 amide bonds. The fourth-order valence-corrected chi connectivity index (χ4v) is 2.28. The number of hydrogen-bond donors (Lipinski definition) is 0. The lowest BCUT2D eigenvalue weighted by Gasteiger charge is -2.23. The van der Waals surface area contributed by atoms with E-state index in [2.05, 4.69) is 21.1 Å². The second-order valence-corrected chi connectivity index (χ2v) is 6.00. The minimum Gasteiger partial charge on any atom is -0.330 e. The quantitative estimate of drug-likeness (QED) is 0.384. The summed E-state index contributed by atoms with van der Waals surface area (Å²) in [6.07, 6.45) is 0. The summed E-state index contributed by atoms with van der Waals surface area (Å²) < 4.78 is 0.964. The standard InChI is InChI=1S/C7H16NOS2/c1-7(9)11-10-6-5-8(2,3)4/h5-6H2,1-4H3/q+1. The van der Waals surface area contributed by atoms with Crippen molar-refractivity contribution >= 4 is 26.7 Å². The van der Waals surface area contributed by atoms with Crippen molar-refractivity contribution < 1.29 is 9.28 Å². The topological polar surface area (TPSA) is 17.1 Å². The van der Waals surface area contributed by atoms with E-state index in [-0.39, 0.29) is 5.12 Å². The second-order valence-electron chi connectivity index (χ2n) is 3.41. The summed E-state index contributed by atoms with van der Waals surface area (Å²) in [5.41, 5.74) is 0.